The molecule has 0 bridgehead atoms. The molecule has 0 N–H and O–H groups in total. The van der Waals surface area contributed by atoms with Gasteiger partial charge in [-0.15, -0.1) is 11.6 Å². The summed E-state index contributed by atoms with van der Waals surface area (Å²) >= 11 is 15.4. The molecule has 0 amide bonds. The Labute approximate surface area is 109 Å². The van der Waals surface area contributed by atoms with Crippen LogP contribution >= 0.6 is 39.1 Å². The lowest BCUT2D eigenvalue weighted by atomic mass is 10.0. The van der Waals surface area contributed by atoms with Gasteiger partial charge in [-0.1, -0.05) is 31.5 Å². The highest BCUT2D eigenvalue weighted by Crippen LogP contribution is 2.64. The number of alkyl halides is 1. The number of halogens is 3. The average molecular weight is 308 g/mol. The van der Waals surface area contributed by atoms with Crippen molar-refractivity contribution in [2.75, 3.05) is 5.88 Å². The zero-order valence-electron chi connectivity index (χ0n) is 8.73. The average Bonchev–Trinajstić information content (AvgIpc) is 2.73. The lowest BCUT2D eigenvalue weighted by Crippen LogP contribution is -1.91. The summed E-state index contributed by atoms with van der Waals surface area (Å²) in [4.78, 5) is 0. The van der Waals surface area contributed by atoms with Gasteiger partial charge in [-0.3, -0.25) is 0 Å². The van der Waals surface area contributed by atoms with Crippen LogP contribution in [0.5, 0.6) is 0 Å². The van der Waals surface area contributed by atoms with Gasteiger partial charge in [-0.2, -0.15) is 0 Å². The number of hydrogen-bond donors (Lipinski definition) is 0. The van der Waals surface area contributed by atoms with Crippen molar-refractivity contribution < 1.29 is 0 Å². The fourth-order valence-electron chi connectivity index (χ4n) is 2.40. The summed E-state index contributed by atoms with van der Waals surface area (Å²) in [7, 11) is 0. The van der Waals surface area contributed by atoms with Crippen molar-refractivity contribution in [3.8, 4) is 0 Å². The normalized spacial score (nSPS) is 27.8. The first kappa shape index (κ1) is 11.8. The van der Waals surface area contributed by atoms with Crippen molar-refractivity contribution in [3.05, 3.63) is 33.3 Å². The third kappa shape index (κ3) is 1.94. The van der Waals surface area contributed by atoms with E-state index in [9.17, 15) is 0 Å². The van der Waals surface area contributed by atoms with Crippen LogP contribution in [0.1, 0.15) is 25.3 Å². The van der Waals surface area contributed by atoms with Gasteiger partial charge in [0.05, 0.1) is 5.02 Å². The van der Waals surface area contributed by atoms with Gasteiger partial charge in [0.15, 0.2) is 0 Å². The molecule has 1 aliphatic rings. The zero-order valence-corrected chi connectivity index (χ0v) is 11.8. The fraction of sp³-hybridized carbons (Fsp3) is 0.500. The van der Waals surface area contributed by atoms with Gasteiger partial charge in [0.25, 0.3) is 0 Å². The molecule has 2 rings (SSSR count). The van der Waals surface area contributed by atoms with Gasteiger partial charge in [0, 0.05) is 10.4 Å². The van der Waals surface area contributed by atoms with Crippen LogP contribution in [0.15, 0.2) is 22.7 Å². The van der Waals surface area contributed by atoms with E-state index in [0.717, 1.165) is 15.4 Å². The molecule has 2 unspecified atom stereocenters. The maximum atomic E-state index is 6.09. The lowest BCUT2D eigenvalue weighted by Gasteiger charge is -2.04. The van der Waals surface area contributed by atoms with Crippen LogP contribution in [0.2, 0.25) is 5.02 Å². The Balaban J connectivity index is 2.29. The molecule has 82 valence electrons. The molecule has 0 saturated heterocycles. The maximum Gasteiger partial charge on any atom is 0.0550 e. The second kappa shape index (κ2) is 3.94. The van der Waals surface area contributed by atoms with E-state index in [1.165, 1.54) is 5.56 Å². The van der Waals surface area contributed by atoms with Gasteiger partial charge < -0.3 is 0 Å². The number of benzene rings is 1. The Morgan fingerprint density at radius 3 is 2.53 bits per heavy atom. The van der Waals surface area contributed by atoms with Crippen LogP contribution < -0.4 is 0 Å². The first-order valence-electron chi connectivity index (χ1n) is 4.99. The van der Waals surface area contributed by atoms with Crippen molar-refractivity contribution in [2.45, 2.75) is 19.8 Å². The molecule has 0 radical (unpaired) electrons. The predicted octanol–water partition coefficient (Wildman–Crippen LogP) is 5.08. The Hall–Kier alpha value is 0.280. The molecule has 0 aliphatic heterocycles. The van der Waals surface area contributed by atoms with Crippen LogP contribution in [-0.2, 0) is 0 Å². The van der Waals surface area contributed by atoms with Gasteiger partial charge in [0.2, 0.25) is 0 Å². The van der Waals surface area contributed by atoms with E-state index in [-0.39, 0.29) is 0 Å². The molecule has 1 saturated carbocycles. The summed E-state index contributed by atoms with van der Waals surface area (Å²) in [5, 5.41) is 0.781. The van der Waals surface area contributed by atoms with Gasteiger partial charge in [-0.25, -0.2) is 0 Å². The fourth-order valence-corrected chi connectivity index (χ4v) is 3.41. The maximum absolute atomic E-state index is 6.09. The standard InChI is InChI=1S/C12H13BrCl2/c1-12(2)8(6-14)11(12)7-3-4-9(13)10(15)5-7/h3-5,8,11H,6H2,1-2H3. The minimum Gasteiger partial charge on any atom is -0.126 e. The molecule has 0 spiro atoms. The molecule has 3 heteroatoms. The third-order valence-corrected chi connectivity index (χ3v) is 5.08. The number of hydrogen-bond acceptors (Lipinski definition) is 0. The largest absolute Gasteiger partial charge is 0.126 e. The molecule has 15 heavy (non-hydrogen) atoms. The topological polar surface area (TPSA) is 0 Å². The van der Waals surface area contributed by atoms with Crippen molar-refractivity contribution >= 4 is 39.1 Å². The van der Waals surface area contributed by atoms with E-state index < -0.39 is 0 Å². The Morgan fingerprint density at radius 2 is 2.07 bits per heavy atom. The molecule has 1 aromatic rings. The molecule has 1 aliphatic carbocycles. The predicted molar refractivity (Wildman–Crippen MR) is 69.9 cm³/mol. The third-order valence-electron chi connectivity index (χ3n) is 3.52. The summed E-state index contributed by atoms with van der Waals surface area (Å²) < 4.78 is 0.953. The van der Waals surface area contributed by atoms with E-state index in [2.05, 4.69) is 35.8 Å². The van der Waals surface area contributed by atoms with Crippen LogP contribution in [0.25, 0.3) is 0 Å². The van der Waals surface area contributed by atoms with Crippen molar-refractivity contribution in [1.29, 1.82) is 0 Å². The monoisotopic (exact) mass is 306 g/mol. The van der Waals surface area contributed by atoms with E-state index >= 15 is 0 Å². The van der Waals surface area contributed by atoms with Gasteiger partial charge in [0.1, 0.15) is 0 Å². The van der Waals surface area contributed by atoms with Crippen molar-refractivity contribution in [3.63, 3.8) is 0 Å². The first-order valence-corrected chi connectivity index (χ1v) is 6.70. The summed E-state index contributed by atoms with van der Waals surface area (Å²) in [6.07, 6.45) is 0. The Bertz CT molecular complexity index is 387. The highest BCUT2D eigenvalue weighted by molar-refractivity contribution is 9.10. The van der Waals surface area contributed by atoms with Gasteiger partial charge >= 0.3 is 0 Å². The summed E-state index contributed by atoms with van der Waals surface area (Å²) in [6, 6.07) is 6.19. The Kier molecular flexibility index (Phi) is 3.09. The minimum absolute atomic E-state index is 0.318. The first-order chi connectivity index (χ1) is 6.98. The molecular weight excluding hydrogens is 295 g/mol. The number of rotatable bonds is 2. The van der Waals surface area contributed by atoms with E-state index in [4.69, 9.17) is 23.2 Å². The smallest absolute Gasteiger partial charge is 0.0550 e. The van der Waals surface area contributed by atoms with Crippen molar-refractivity contribution in [1.82, 2.24) is 0 Å². The van der Waals surface area contributed by atoms with Gasteiger partial charge in [-0.05, 0) is 50.9 Å². The molecule has 1 fully saturated rings. The molecule has 0 aromatic heterocycles. The molecule has 1 aromatic carbocycles. The van der Waals surface area contributed by atoms with Crippen LogP contribution in [-0.4, -0.2) is 5.88 Å². The van der Waals surface area contributed by atoms with E-state index in [0.29, 0.717) is 17.3 Å². The highest BCUT2D eigenvalue weighted by Gasteiger charge is 2.57. The Morgan fingerprint density at radius 1 is 1.40 bits per heavy atom. The SMILES string of the molecule is CC1(C)C(CCl)C1c1ccc(Br)c(Cl)c1. The second-order valence-corrected chi connectivity index (χ2v) is 6.30. The quantitative estimate of drug-likeness (QED) is 0.668. The van der Waals surface area contributed by atoms with Crippen LogP contribution in [0.4, 0.5) is 0 Å². The highest BCUT2D eigenvalue weighted by atomic mass is 79.9. The summed E-state index contributed by atoms with van der Waals surface area (Å²) in [5.41, 5.74) is 1.62. The zero-order chi connectivity index (χ0) is 11.2. The summed E-state index contributed by atoms with van der Waals surface area (Å²) in [5.74, 6) is 1.86. The van der Waals surface area contributed by atoms with Crippen molar-refractivity contribution in [2.24, 2.45) is 11.3 Å². The lowest BCUT2D eigenvalue weighted by molar-refractivity contribution is 0.577. The summed E-state index contributed by atoms with van der Waals surface area (Å²) in [6.45, 7) is 4.53. The van der Waals surface area contributed by atoms with Crippen LogP contribution in [0.3, 0.4) is 0 Å². The molecule has 0 nitrogen and oxygen atoms in total. The van der Waals surface area contributed by atoms with E-state index in [1.54, 1.807) is 0 Å². The molecule has 2 atom stereocenters. The van der Waals surface area contributed by atoms with E-state index in [1.807, 2.05) is 12.1 Å². The molecule has 0 heterocycles. The minimum atomic E-state index is 0.318. The van der Waals surface area contributed by atoms with Crippen LogP contribution in [0, 0.1) is 11.3 Å². The molecular formula is C12H13BrCl2. The second-order valence-electron chi connectivity index (χ2n) is 4.73.